The average Bonchev–Trinajstić information content (AvgIpc) is 3.02. The molecule has 0 radical (unpaired) electrons. The van der Waals surface area contributed by atoms with E-state index in [1.54, 1.807) is 6.20 Å². The van der Waals surface area contributed by atoms with E-state index in [1.165, 1.54) is 4.90 Å². The van der Waals surface area contributed by atoms with Crippen LogP contribution in [0.3, 0.4) is 0 Å². The van der Waals surface area contributed by atoms with E-state index in [0.29, 0.717) is 18.1 Å². The number of aromatic nitrogens is 1. The molecule has 0 bridgehead atoms. The van der Waals surface area contributed by atoms with Crippen molar-refractivity contribution < 1.29 is 9.21 Å². The van der Waals surface area contributed by atoms with E-state index in [1.807, 2.05) is 43.3 Å². The van der Waals surface area contributed by atoms with E-state index in [4.69, 9.17) is 14.9 Å². The lowest BCUT2D eigenvalue weighted by Crippen LogP contribution is -2.31. The fraction of sp³-hybridized carbons (Fsp3) is 0.294. The molecular weight excluding hydrogens is 292 g/mol. The lowest BCUT2D eigenvalue weighted by molar-refractivity contribution is -0.130. The highest BCUT2D eigenvalue weighted by molar-refractivity contribution is 5.76. The number of carbonyl (C=O) groups excluding carboxylic acids is 1. The van der Waals surface area contributed by atoms with Gasteiger partial charge in [0.2, 0.25) is 5.91 Å². The van der Waals surface area contributed by atoms with Crippen molar-refractivity contribution in [3.05, 3.63) is 41.9 Å². The van der Waals surface area contributed by atoms with Gasteiger partial charge in [-0.05, 0) is 6.92 Å². The molecule has 23 heavy (non-hydrogen) atoms. The second kappa shape index (κ2) is 7.77. The average molecular weight is 308 g/mol. The van der Waals surface area contributed by atoms with Crippen molar-refractivity contribution in [2.24, 2.45) is 0 Å². The van der Waals surface area contributed by atoms with Gasteiger partial charge >= 0.3 is 0 Å². The minimum Gasteiger partial charge on any atom is -0.441 e. The predicted molar refractivity (Wildman–Crippen MR) is 82.8 cm³/mol. The molecule has 0 spiro atoms. The number of aryl methyl sites for hydroxylation is 2. The molecule has 0 saturated carbocycles. The Labute approximate surface area is 134 Å². The number of carbonyl (C=O) groups is 1. The maximum absolute atomic E-state index is 12.0. The van der Waals surface area contributed by atoms with Gasteiger partial charge in [-0.25, -0.2) is 4.98 Å². The molecule has 0 atom stereocenters. The van der Waals surface area contributed by atoms with Crippen LogP contribution in [0.4, 0.5) is 0 Å². The highest BCUT2D eigenvalue weighted by atomic mass is 16.4. The van der Waals surface area contributed by atoms with Gasteiger partial charge in [0.1, 0.15) is 13.1 Å². The monoisotopic (exact) mass is 308 g/mol. The molecule has 116 valence electrons. The van der Waals surface area contributed by atoms with Gasteiger partial charge in [0.05, 0.1) is 18.3 Å². The van der Waals surface area contributed by atoms with Crippen molar-refractivity contribution in [2.45, 2.75) is 19.8 Å². The van der Waals surface area contributed by atoms with Crippen LogP contribution in [0.2, 0.25) is 0 Å². The number of hydrogen-bond acceptors (Lipinski definition) is 5. The van der Waals surface area contributed by atoms with Crippen molar-refractivity contribution in [3.8, 4) is 23.5 Å². The van der Waals surface area contributed by atoms with Crippen LogP contribution in [0.5, 0.6) is 0 Å². The second-order valence-corrected chi connectivity index (χ2v) is 5.05. The summed E-state index contributed by atoms with van der Waals surface area (Å²) < 4.78 is 5.65. The van der Waals surface area contributed by atoms with E-state index in [9.17, 15) is 4.79 Å². The lowest BCUT2D eigenvalue weighted by Gasteiger charge is -2.14. The molecule has 0 aliphatic carbocycles. The summed E-state index contributed by atoms with van der Waals surface area (Å²) in [6.07, 6.45) is 2.11. The standard InChI is InChI=1S/C17H16N4O2/c1-13-2-4-14(5-3-13)15-12-20-16(23-15)6-7-17(22)21(10-8-18)11-9-19/h2-5,12H,6-7,10-11H2,1H3. The molecule has 0 fully saturated rings. The van der Waals surface area contributed by atoms with Crippen LogP contribution in [0.25, 0.3) is 11.3 Å². The minimum absolute atomic E-state index is 0.0907. The third-order valence-electron chi connectivity index (χ3n) is 3.32. The van der Waals surface area contributed by atoms with Crippen LogP contribution in [-0.2, 0) is 11.2 Å². The first-order valence-corrected chi connectivity index (χ1v) is 7.17. The molecule has 2 aromatic rings. The van der Waals surface area contributed by atoms with Gasteiger partial charge in [-0.3, -0.25) is 4.79 Å². The molecule has 1 aromatic carbocycles. The van der Waals surface area contributed by atoms with E-state index in [-0.39, 0.29) is 25.4 Å². The SMILES string of the molecule is Cc1ccc(-c2cnc(CCC(=O)N(CC#N)CC#N)o2)cc1. The summed E-state index contributed by atoms with van der Waals surface area (Å²) in [5, 5.41) is 17.3. The maximum atomic E-state index is 12.0. The number of rotatable bonds is 6. The Bertz CT molecular complexity index is 734. The molecule has 6 nitrogen and oxygen atoms in total. The predicted octanol–water partition coefficient (Wildman–Crippen LogP) is 2.46. The first kappa shape index (κ1) is 16.3. The Balaban J connectivity index is 1.97. The smallest absolute Gasteiger partial charge is 0.224 e. The van der Waals surface area contributed by atoms with Crippen molar-refractivity contribution in [3.63, 3.8) is 0 Å². The summed E-state index contributed by atoms with van der Waals surface area (Å²) in [5.74, 6) is 0.851. The molecular formula is C17H16N4O2. The van der Waals surface area contributed by atoms with Gasteiger partial charge in [0.15, 0.2) is 11.7 Å². The Morgan fingerprint density at radius 3 is 2.48 bits per heavy atom. The van der Waals surface area contributed by atoms with E-state index in [2.05, 4.69) is 4.98 Å². The molecule has 0 saturated heterocycles. The van der Waals surface area contributed by atoms with Crippen LogP contribution < -0.4 is 0 Å². The number of oxazole rings is 1. The third kappa shape index (κ3) is 4.42. The van der Waals surface area contributed by atoms with Gasteiger partial charge < -0.3 is 9.32 Å². The minimum atomic E-state index is -0.261. The number of hydrogen-bond donors (Lipinski definition) is 0. The van der Waals surface area contributed by atoms with E-state index in [0.717, 1.165) is 11.1 Å². The van der Waals surface area contributed by atoms with Crippen molar-refractivity contribution in [2.75, 3.05) is 13.1 Å². The molecule has 6 heteroatoms. The van der Waals surface area contributed by atoms with Crippen LogP contribution >= 0.6 is 0 Å². The first-order chi connectivity index (χ1) is 11.1. The molecule has 1 amide bonds. The molecule has 1 aromatic heterocycles. The van der Waals surface area contributed by atoms with Crippen LogP contribution in [-0.4, -0.2) is 28.9 Å². The Morgan fingerprint density at radius 1 is 1.22 bits per heavy atom. The summed E-state index contributed by atoms with van der Waals surface area (Å²) in [5.41, 5.74) is 2.09. The maximum Gasteiger partial charge on any atom is 0.224 e. The van der Waals surface area contributed by atoms with Gasteiger partial charge in [0, 0.05) is 18.4 Å². The number of nitriles is 2. The Kier molecular flexibility index (Phi) is 5.49. The number of amides is 1. The first-order valence-electron chi connectivity index (χ1n) is 7.17. The third-order valence-corrected chi connectivity index (χ3v) is 3.32. The van der Waals surface area contributed by atoms with Crippen molar-refractivity contribution in [1.29, 1.82) is 10.5 Å². The summed E-state index contributed by atoms with van der Waals surface area (Å²) in [6, 6.07) is 11.6. The molecule has 0 unspecified atom stereocenters. The molecule has 0 aliphatic heterocycles. The lowest BCUT2D eigenvalue weighted by atomic mass is 10.1. The highest BCUT2D eigenvalue weighted by Gasteiger charge is 2.14. The number of benzene rings is 1. The Hall–Kier alpha value is -3.12. The van der Waals surface area contributed by atoms with Gasteiger partial charge in [-0.2, -0.15) is 10.5 Å². The van der Waals surface area contributed by atoms with Crippen LogP contribution in [0.15, 0.2) is 34.9 Å². The van der Waals surface area contributed by atoms with Crippen LogP contribution in [0.1, 0.15) is 17.9 Å². The zero-order chi connectivity index (χ0) is 16.7. The van der Waals surface area contributed by atoms with Crippen molar-refractivity contribution in [1.82, 2.24) is 9.88 Å². The molecule has 2 rings (SSSR count). The number of nitrogens with zero attached hydrogens (tertiary/aromatic N) is 4. The summed E-state index contributed by atoms with van der Waals surface area (Å²) in [7, 11) is 0. The second-order valence-electron chi connectivity index (χ2n) is 5.05. The molecule has 0 aliphatic rings. The van der Waals surface area contributed by atoms with Crippen LogP contribution in [0, 0.1) is 29.6 Å². The normalized spacial score (nSPS) is 9.87. The summed E-state index contributed by atoms with van der Waals surface area (Å²) in [6.45, 7) is 1.83. The fourth-order valence-electron chi connectivity index (χ4n) is 2.05. The quantitative estimate of drug-likeness (QED) is 0.764. The van der Waals surface area contributed by atoms with Gasteiger partial charge in [-0.1, -0.05) is 29.8 Å². The summed E-state index contributed by atoms with van der Waals surface area (Å²) >= 11 is 0. The van der Waals surface area contributed by atoms with Gasteiger partial charge in [0.25, 0.3) is 0 Å². The fourth-order valence-corrected chi connectivity index (χ4v) is 2.05. The zero-order valence-electron chi connectivity index (χ0n) is 12.8. The molecule has 0 N–H and O–H groups in total. The summed E-state index contributed by atoms with van der Waals surface area (Å²) in [4.78, 5) is 17.3. The Morgan fingerprint density at radius 2 is 1.87 bits per heavy atom. The largest absolute Gasteiger partial charge is 0.441 e. The molecule has 1 heterocycles. The van der Waals surface area contributed by atoms with E-state index >= 15 is 0 Å². The topological polar surface area (TPSA) is 93.9 Å². The zero-order valence-corrected chi connectivity index (χ0v) is 12.8. The van der Waals surface area contributed by atoms with Crippen molar-refractivity contribution >= 4 is 5.91 Å². The van der Waals surface area contributed by atoms with E-state index < -0.39 is 0 Å². The van der Waals surface area contributed by atoms with Gasteiger partial charge in [-0.15, -0.1) is 0 Å². The highest BCUT2D eigenvalue weighted by Crippen LogP contribution is 2.21.